The van der Waals surface area contributed by atoms with Gasteiger partial charge in [0.05, 0.1) is 24.8 Å². The number of carbonyl (C=O) groups excluding carboxylic acids is 2. The maximum atomic E-state index is 12.5. The molecule has 1 N–H and O–H groups in total. The summed E-state index contributed by atoms with van der Waals surface area (Å²) in [7, 11) is 0. The Bertz CT molecular complexity index is 550. The Morgan fingerprint density at radius 3 is 2.50 bits per heavy atom. The van der Waals surface area contributed by atoms with Crippen molar-refractivity contribution in [1.82, 2.24) is 5.32 Å². The normalized spacial score (nSPS) is 22.6. The van der Waals surface area contributed by atoms with Crippen molar-refractivity contribution >= 4 is 17.5 Å². The minimum atomic E-state index is -0.373. The van der Waals surface area contributed by atoms with Crippen LogP contribution in [0, 0.1) is 0 Å². The molecule has 1 aromatic carbocycles. The Labute approximate surface area is 130 Å². The lowest BCUT2D eigenvalue weighted by atomic mass is 10.2. The number of ether oxygens (including phenoxy) is 1. The van der Waals surface area contributed by atoms with Gasteiger partial charge < -0.3 is 10.1 Å². The largest absolute Gasteiger partial charge is 0.494 e. The summed E-state index contributed by atoms with van der Waals surface area (Å²) in [5.74, 6) is 0.469. The van der Waals surface area contributed by atoms with Gasteiger partial charge in [-0.05, 0) is 44.0 Å². The molecule has 0 spiro atoms. The van der Waals surface area contributed by atoms with Crippen molar-refractivity contribution in [2.75, 3.05) is 11.5 Å². The standard InChI is InChI=1S/C17H22N2O3/c1-2-22-14-9-7-13(8-10-14)19-16(20)11-15(17(19)21)18-12-5-3-4-6-12/h7-10,12,15,18H,2-6,11H2,1H3/t15-/m1/s1. The van der Waals surface area contributed by atoms with E-state index in [-0.39, 0.29) is 24.3 Å². The van der Waals surface area contributed by atoms with Gasteiger partial charge in [0.2, 0.25) is 5.91 Å². The molecule has 1 aliphatic heterocycles. The average Bonchev–Trinajstić information content (AvgIpc) is 3.10. The third kappa shape index (κ3) is 2.99. The Morgan fingerprint density at radius 1 is 1.18 bits per heavy atom. The van der Waals surface area contributed by atoms with E-state index in [1.54, 1.807) is 24.3 Å². The number of carbonyl (C=O) groups is 2. The molecule has 1 heterocycles. The first-order valence-corrected chi connectivity index (χ1v) is 8.04. The molecule has 118 valence electrons. The zero-order valence-corrected chi connectivity index (χ0v) is 12.9. The van der Waals surface area contributed by atoms with E-state index >= 15 is 0 Å². The van der Waals surface area contributed by atoms with E-state index in [1.807, 2.05) is 6.92 Å². The van der Waals surface area contributed by atoms with Crippen LogP contribution in [0.25, 0.3) is 0 Å². The predicted molar refractivity (Wildman–Crippen MR) is 83.9 cm³/mol. The highest BCUT2D eigenvalue weighted by molar-refractivity contribution is 6.22. The van der Waals surface area contributed by atoms with Crippen LogP contribution in [-0.2, 0) is 9.59 Å². The highest BCUT2D eigenvalue weighted by Crippen LogP contribution is 2.27. The van der Waals surface area contributed by atoms with Gasteiger partial charge in [0.15, 0.2) is 0 Å². The van der Waals surface area contributed by atoms with E-state index in [0.717, 1.165) is 18.6 Å². The van der Waals surface area contributed by atoms with Crippen molar-refractivity contribution < 1.29 is 14.3 Å². The van der Waals surface area contributed by atoms with Crippen LogP contribution in [0.15, 0.2) is 24.3 Å². The summed E-state index contributed by atoms with van der Waals surface area (Å²) in [6, 6.07) is 7.11. The van der Waals surface area contributed by atoms with Crippen LogP contribution in [0.2, 0.25) is 0 Å². The monoisotopic (exact) mass is 302 g/mol. The summed E-state index contributed by atoms with van der Waals surface area (Å²) in [5, 5.41) is 3.35. The van der Waals surface area contributed by atoms with Crippen molar-refractivity contribution in [3.8, 4) is 5.75 Å². The summed E-state index contributed by atoms with van der Waals surface area (Å²) >= 11 is 0. The topological polar surface area (TPSA) is 58.6 Å². The van der Waals surface area contributed by atoms with Crippen molar-refractivity contribution in [2.45, 2.75) is 51.1 Å². The lowest BCUT2D eigenvalue weighted by Crippen LogP contribution is -2.42. The van der Waals surface area contributed by atoms with Gasteiger partial charge in [0.1, 0.15) is 5.75 Å². The molecule has 1 saturated heterocycles. The number of amides is 2. The molecule has 5 nitrogen and oxygen atoms in total. The highest BCUT2D eigenvalue weighted by Gasteiger charge is 2.40. The van der Waals surface area contributed by atoms with Crippen LogP contribution in [-0.4, -0.2) is 30.5 Å². The van der Waals surface area contributed by atoms with Crippen molar-refractivity contribution in [3.05, 3.63) is 24.3 Å². The van der Waals surface area contributed by atoms with E-state index in [2.05, 4.69) is 5.32 Å². The summed E-state index contributed by atoms with van der Waals surface area (Å²) < 4.78 is 5.39. The Balaban J connectivity index is 1.70. The number of benzene rings is 1. The molecule has 2 amide bonds. The highest BCUT2D eigenvalue weighted by atomic mass is 16.5. The van der Waals surface area contributed by atoms with E-state index < -0.39 is 0 Å². The molecule has 0 radical (unpaired) electrons. The van der Waals surface area contributed by atoms with Crippen molar-refractivity contribution in [2.24, 2.45) is 0 Å². The molecule has 1 atom stereocenters. The Hall–Kier alpha value is -1.88. The predicted octanol–water partition coefficient (Wildman–Crippen LogP) is 2.25. The van der Waals surface area contributed by atoms with Crippen molar-refractivity contribution in [1.29, 1.82) is 0 Å². The maximum Gasteiger partial charge on any atom is 0.251 e. The molecule has 0 unspecified atom stereocenters. The van der Waals surface area contributed by atoms with Crippen molar-refractivity contribution in [3.63, 3.8) is 0 Å². The number of imide groups is 1. The van der Waals surface area contributed by atoms with Gasteiger partial charge >= 0.3 is 0 Å². The second-order valence-electron chi connectivity index (χ2n) is 5.90. The summed E-state index contributed by atoms with van der Waals surface area (Å²) in [5.41, 5.74) is 0.620. The molecular weight excluding hydrogens is 280 g/mol. The number of anilines is 1. The van der Waals surface area contributed by atoms with Crippen LogP contribution in [0.4, 0.5) is 5.69 Å². The van der Waals surface area contributed by atoms with Gasteiger partial charge in [-0.15, -0.1) is 0 Å². The average molecular weight is 302 g/mol. The zero-order valence-electron chi connectivity index (χ0n) is 12.9. The molecule has 0 aromatic heterocycles. The minimum absolute atomic E-state index is 0.135. The summed E-state index contributed by atoms with van der Waals surface area (Å²) in [6.45, 7) is 2.51. The molecule has 1 aliphatic carbocycles. The van der Waals surface area contributed by atoms with Crippen LogP contribution in [0.3, 0.4) is 0 Å². The smallest absolute Gasteiger partial charge is 0.251 e. The fourth-order valence-electron chi connectivity index (χ4n) is 3.27. The maximum absolute atomic E-state index is 12.5. The first-order chi connectivity index (χ1) is 10.7. The van der Waals surface area contributed by atoms with E-state index in [4.69, 9.17) is 4.74 Å². The lowest BCUT2D eigenvalue weighted by Gasteiger charge is -2.18. The number of nitrogens with one attached hydrogen (secondary N) is 1. The molecule has 1 saturated carbocycles. The first kappa shape index (κ1) is 15.0. The van der Waals surface area contributed by atoms with E-state index in [9.17, 15) is 9.59 Å². The fraction of sp³-hybridized carbons (Fsp3) is 0.529. The quantitative estimate of drug-likeness (QED) is 0.848. The molecular formula is C17H22N2O3. The van der Waals surface area contributed by atoms with Gasteiger partial charge in [-0.25, -0.2) is 4.90 Å². The van der Waals surface area contributed by atoms with Gasteiger partial charge in [0, 0.05) is 6.04 Å². The molecule has 0 bridgehead atoms. The second-order valence-corrected chi connectivity index (χ2v) is 5.90. The van der Waals surface area contributed by atoms with Gasteiger partial charge in [-0.2, -0.15) is 0 Å². The van der Waals surface area contributed by atoms with Crippen LogP contribution < -0.4 is 15.0 Å². The van der Waals surface area contributed by atoms with Gasteiger partial charge in [0.25, 0.3) is 5.91 Å². The molecule has 1 aromatic rings. The molecule has 5 heteroatoms. The molecule has 2 aliphatic rings. The van der Waals surface area contributed by atoms with Crippen LogP contribution in [0.5, 0.6) is 5.75 Å². The number of rotatable bonds is 5. The third-order valence-corrected chi connectivity index (χ3v) is 4.34. The van der Waals surface area contributed by atoms with Gasteiger partial charge in [-0.3, -0.25) is 9.59 Å². The van der Waals surface area contributed by atoms with Crippen LogP contribution >= 0.6 is 0 Å². The summed E-state index contributed by atoms with van der Waals surface area (Å²) in [6.07, 6.45) is 4.86. The SMILES string of the molecule is CCOc1ccc(N2C(=O)C[C@@H](NC3CCCC3)C2=O)cc1. The minimum Gasteiger partial charge on any atom is -0.494 e. The number of hydrogen-bond donors (Lipinski definition) is 1. The Morgan fingerprint density at radius 2 is 1.86 bits per heavy atom. The molecule has 3 rings (SSSR count). The fourth-order valence-corrected chi connectivity index (χ4v) is 3.27. The molecule has 22 heavy (non-hydrogen) atoms. The van der Waals surface area contributed by atoms with E-state index in [0.29, 0.717) is 18.3 Å². The van der Waals surface area contributed by atoms with E-state index in [1.165, 1.54) is 17.7 Å². The number of hydrogen-bond acceptors (Lipinski definition) is 4. The zero-order chi connectivity index (χ0) is 15.5. The molecule has 2 fully saturated rings. The second kappa shape index (κ2) is 6.48. The number of nitrogens with zero attached hydrogens (tertiary/aromatic N) is 1. The lowest BCUT2D eigenvalue weighted by molar-refractivity contribution is -0.121. The first-order valence-electron chi connectivity index (χ1n) is 8.04. The Kier molecular flexibility index (Phi) is 4.43. The summed E-state index contributed by atoms with van der Waals surface area (Å²) in [4.78, 5) is 26.0. The van der Waals surface area contributed by atoms with Crippen LogP contribution in [0.1, 0.15) is 39.0 Å². The van der Waals surface area contributed by atoms with Gasteiger partial charge in [-0.1, -0.05) is 12.8 Å². The third-order valence-electron chi connectivity index (χ3n) is 4.34.